The van der Waals surface area contributed by atoms with E-state index in [1.807, 2.05) is 0 Å². The number of esters is 1. The number of rotatable bonds is 4. The van der Waals surface area contributed by atoms with Crippen molar-refractivity contribution < 1.29 is 13.9 Å². The zero-order valence-corrected chi connectivity index (χ0v) is 9.06. The summed E-state index contributed by atoms with van der Waals surface area (Å²) in [6, 6.07) is 0. The highest BCUT2D eigenvalue weighted by molar-refractivity contribution is 5.70. The lowest BCUT2D eigenvalue weighted by Crippen LogP contribution is -2.28. The summed E-state index contributed by atoms with van der Waals surface area (Å²) in [5, 5.41) is 0. The minimum absolute atomic E-state index is 0.127. The molecule has 0 heterocycles. The molecule has 0 aliphatic rings. The maximum atomic E-state index is 13.0. The molecule has 0 saturated carbocycles. The fourth-order valence-electron chi connectivity index (χ4n) is 0.817. The zero-order chi connectivity index (χ0) is 10.6. The molecule has 0 bridgehead atoms. The Kier molecular flexibility index (Phi) is 4.37. The third kappa shape index (κ3) is 4.86. The lowest BCUT2D eigenvalue weighted by molar-refractivity contribution is -0.150. The van der Waals surface area contributed by atoms with Gasteiger partial charge in [0.05, 0.1) is 12.5 Å². The quantitative estimate of drug-likeness (QED) is 0.637. The molecule has 0 radical (unpaired) electrons. The topological polar surface area (TPSA) is 26.3 Å². The van der Waals surface area contributed by atoms with Crippen molar-refractivity contribution in [2.24, 2.45) is 5.41 Å². The summed E-state index contributed by atoms with van der Waals surface area (Å²) < 4.78 is 17.9. The largest absolute Gasteiger partial charge is 0.463 e. The summed E-state index contributed by atoms with van der Waals surface area (Å²) in [4.78, 5) is 11.2. The molecule has 0 spiro atoms. The van der Waals surface area contributed by atoms with Gasteiger partial charge in [-0.15, -0.1) is 0 Å². The van der Waals surface area contributed by atoms with Crippen molar-refractivity contribution in [2.75, 3.05) is 0 Å². The van der Waals surface area contributed by atoms with Crippen LogP contribution in [0.15, 0.2) is 0 Å². The van der Waals surface area contributed by atoms with Gasteiger partial charge in [0.25, 0.3) is 0 Å². The first-order valence-electron chi connectivity index (χ1n) is 4.59. The second-order valence-corrected chi connectivity index (χ2v) is 4.32. The third-order valence-electron chi connectivity index (χ3n) is 2.04. The third-order valence-corrected chi connectivity index (χ3v) is 2.04. The van der Waals surface area contributed by atoms with E-state index in [0.29, 0.717) is 0 Å². The molecule has 0 aliphatic heterocycles. The molecule has 2 nitrogen and oxygen atoms in total. The van der Waals surface area contributed by atoms with Crippen molar-refractivity contribution in [3.63, 3.8) is 0 Å². The van der Waals surface area contributed by atoms with Gasteiger partial charge in [-0.1, -0.05) is 13.8 Å². The van der Waals surface area contributed by atoms with E-state index in [1.54, 1.807) is 27.7 Å². The molecule has 0 rings (SSSR count). The Bertz CT molecular complexity index is 174. The van der Waals surface area contributed by atoms with E-state index in [2.05, 4.69) is 0 Å². The molecule has 0 aromatic carbocycles. The summed E-state index contributed by atoms with van der Waals surface area (Å²) in [6.45, 7) is 8.47. The van der Waals surface area contributed by atoms with Gasteiger partial charge in [-0.25, -0.2) is 4.39 Å². The number of carbonyl (C=O) groups is 1. The van der Waals surface area contributed by atoms with Crippen molar-refractivity contribution in [1.29, 1.82) is 0 Å². The summed E-state index contributed by atoms with van der Waals surface area (Å²) in [5.41, 5.74) is -0.633. The Morgan fingerprint density at radius 1 is 1.38 bits per heavy atom. The molecule has 3 heteroatoms. The van der Waals surface area contributed by atoms with Crippen LogP contribution in [0.1, 0.15) is 41.0 Å². The van der Waals surface area contributed by atoms with E-state index in [0.717, 1.165) is 0 Å². The van der Waals surface area contributed by atoms with E-state index in [-0.39, 0.29) is 18.5 Å². The van der Waals surface area contributed by atoms with Crippen molar-refractivity contribution in [3.8, 4) is 0 Å². The molecule has 0 aromatic heterocycles. The lowest BCUT2D eigenvalue weighted by Gasteiger charge is -2.25. The van der Waals surface area contributed by atoms with Gasteiger partial charge in [0.2, 0.25) is 0 Å². The van der Waals surface area contributed by atoms with Crippen LogP contribution in [0.5, 0.6) is 0 Å². The van der Waals surface area contributed by atoms with Crippen LogP contribution < -0.4 is 0 Å². The fraction of sp³-hybridized carbons (Fsp3) is 0.900. The van der Waals surface area contributed by atoms with E-state index in [4.69, 9.17) is 4.74 Å². The Labute approximate surface area is 79.5 Å². The van der Waals surface area contributed by atoms with Crippen molar-refractivity contribution in [3.05, 3.63) is 0 Å². The predicted molar refractivity (Wildman–Crippen MR) is 50.2 cm³/mol. The highest BCUT2D eigenvalue weighted by atomic mass is 19.1. The molecule has 0 amide bonds. The normalized spacial score (nSPS) is 14.4. The van der Waals surface area contributed by atoms with Crippen LogP contribution in [-0.4, -0.2) is 18.2 Å². The van der Waals surface area contributed by atoms with Gasteiger partial charge < -0.3 is 4.74 Å². The summed E-state index contributed by atoms with van der Waals surface area (Å²) in [5.74, 6) is -0.329. The van der Waals surface area contributed by atoms with Crippen molar-refractivity contribution in [1.82, 2.24) is 0 Å². The molecule has 1 unspecified atom stereocenters. The van der Waals surface area contributed by atoms with Crippen molar-refractivity contribution in [2.45, 2.75) is 53.3 Å². The van der Waals surface area contributed by atoms with Crippen LogP contribution in [0.2, 0.25) is 0 Å². The molecule has 1 atom stereocenters. The summed E-state index contributed by atoms with van der Waals surface area (Å²) >= 11 is 0. The number of hydrogen-bond acceptors (Lipinski definition) is 2. The van der Waals surface area contributed by atoms with Gasteiger partial charge in [-0.2, -0.15) is 0 Å². The molecule has 13 heavy (non-hydrogen) atoms. The van der Waals surface area contributed by atoms with E-state index >= 15 is 0 Å². The average Bonchev–Trinajstić information content (AvgIpc) is 1.82. The van der Waals surface area contributed by atoms with Crippen LogP contribution in [0.3, 0.4) is 0 Å². The van der Waals surface area contributed by atoms with E-state index < -0.39 is 11.6 Å². The maximum absolute atomic E-state index is 13.0. The number of alkyl halides is 1. The molecule has 0 saturated heterocycles. The Morgan fingerprint density at radius 2 is 1.85 bits per heavy atom. The van der Waals surface area contributed by atoms with E-state index in [1.165, 1.54) is 6.92 Å². The predicted octanol–water partition coefficient (Wildman–Crippen LogP) is 2.71. The van der Waals surface area contributed by atoms with Gasteiger partial charge in [-0.3, -0.25) is 4.79 Å². The average molecular weight is 190 g/mol. The zero-order valence-electron chi connectivity index (χ0n) is 9.06. The Hall–Kier alpha value is -0.600. The number of halogens is 1. The first-order chi connectivity index (χ1) is 5.75. The first-order valence-corrected chi connectivity index (χ1v) is 4.59. The summed E-state index contributed by atoms with van der Waals surface area (Å²) in [7, 11) is 0. The Balaban J connectivity index is 4.05. The van der Waals surface area contributed by atoms with Gasteiger partial charge in [0.1, 0.15) is 6.17 Å². The monoisotopic (exact) mass is 190 g/mol. The Morgan fingerprint density at radius 3 is 2.15 bits per heavy atom. The molecule has 0 N–H and O–H groups in total. The highest BCUT2D eigenvalue weighted by Gasteiger charge is 2.29. The van der Waals surface area contributed by atoms with Crippen LogP contribution in [0.25, 0.3) is 0 Å². The number of carbonyl (C=O) groups excluding carboxylic acids is 1. The minimum Gasteiger partial charge on any atom is -0.463 e. The van der Waals surface area contributed by atoms with Crippen LogP contribution in [0, 0.1) is 5.41 Å². The molecule has 0 aromatic rings. The maximum Gasteiger partial charge on any atom is 0.306 e. The number of ether oxygens (including phenoxy) is 1. The summed E-state index contributed by atoms with van der Waals surface area (Å²) in [6.07, 6.45) is -1.01. The van der Waals surface area contributed by atoms with Gasteiger partial charge in [0, 0.05) is 5.41 Å². The first kappa shape index (κ1) is 12.4. The van der Waals surface area contributed by atoms with Gasteiger partial charge in [0.15, 0.2) is 0 Å². The molecule has 0 fully saturated rings. The molecular formula is C10H19FO2. The standard InChI is InChI=1S/C10H19FO2/c1-7(2)13-9(12)6-10(4,5)8(3)11/h7-8H,6H2,1-5H3. The smallest absolute Gasteiger partial charge is 0.306 e. The van der Waals surface area contributed by atoms with Gasteiger partial charge >= 0.3 is 5.97 Å². The second-order valence-electron chi connectivity index (χ2n) is 4.32. The molecule has 78 valence electrons. The van der Waals surface area contributed by atoms with Crippen LogP contribution in [0.4, 0.5) is 4.39 Å². The minimum atomic E-state index is -1.01. The van der Waals surface area contributed by atoms with E-state index in [9.17, 15) is 9.18 Å². The number of hydrogen-bond donors (Lipinski definition) is 0. The highest BCUT2D eigenvalue weighted by Crippen LogP contribution is 2.27. The van der Waals surface area contributed by atoms with Crippen LogP contribution in [-0.2, 0) is 9.53 Å². The molecular weight excluding hydrogens is 171 g/mol. The lowest BCUT2D eigenvalue weighted by atomic mass is 9.85. The van der Waals surface area contributed by atoms with Crippen LogP contribution >= 0.6 is 0 Å². The SMILES string of the molecule is CC(C)OC(=O)CC(C)(C)C(C)F. The van der Waals surface area contributed by atoms with Crippen molar-refractivity contribution >= 4 is 5.97 Å². The molecule has 0 aliphatic carbocycles. The fourth-order valence-corrected chi connectivity index (χ4v) is 0.817. The second kappa shape index (κ2) is 4.58. The van der Waals surface area contributed by atoms with Gasteiger partial charge in [-0.05, 0) is 20.8 Å².